The average Bonchev–Trinajstić information content (AvgIpc) is 2.18. The van der Waals surface area contributed by atoms with Gasteiger partial charge in [0.1, 0.15) is 0 Å². The van der Waals surface area contributed by atoms with Crippen LogP contribution in [0.1, 0.15) is 0 Å². The van der Waals surface area contributed by atoms with Crippen LogP contribution in [0.5, 0.6) is 0 Å². The molecule has 0 fully saturated rings. The van der Waals surface area contributed by atoms with E-state index in [1.165, 1.54) is 4.90 Å². The summed E-state index contributed by atoms with van der Waals surface area (Å²) in [6.07, 6.45) is 6.73. The summed E-state index contributed by atoms with van der Waals surface area (Å²) in [4.78, 5) is 1.48. The third-order valence-corrected chi connectivity index (χ3v) is 11.6. The van der Waals surface area contributed by atoms with Gasteiger partial charge in [0, 0.05) is 4.90 Å². The summed E-state index contributed by atoms with van der Waals surface area (Å²) in [6, 6.07) is 10.8. The van der Waals surface area contributed by atoms with Crippen molar-refractivity contribution in [3.05, 3.63) is 30.3 Å². The van der Waals surface area contributed by atoms with Crippen molar-refractivity contribution in [2.24, 2.45) is 0 Å². The molecule has 3 heteroatoms. The largest absolute Gasteiger partial charge is 0.120 e. The average molecular weight is 218 g/mol. The Balaban J connectivity index is 2.95. The standard InChI is InChI=1S/C9H14S3/c1-10-12(3,11-2)9-7-5-4-6-8-9/h4-8H,1-3H3. The lowest BCUT2D eigenvalue weighted by molar-refractivity contribution is 1.46. The van der Waals surface area contributed by atoms with Crippen molar-refractivity contribution in [1.82, 2.24) is 0 Å². The molecule has 0 aromatic heterocycles. The highest BCUT2D eigenvalue weighted by Crippen LogP contribution is 2.70. The normalized spacial score (nSPS) is 12.9. The highest BCUT2D eigenvalue weighted by molar-refractivity contribution is 9.24. The van der Waals surface area contributed by atoms with Gasteiger partial charge in [-0.3, -0.25) is 0 Å². The third kappa shape index (κ3) is 2.15. The lowest BCUT2D eigenvalue weighted by Crippen LogP contribution is -1.86. The van der Waals surface area contributed by atoms with E-state index in [0.29, 0.717) is 0 Å². The van der Waals surface area contributed by atoms with Crippen LogP contribution >= 0.6 is 29.7 Å². The Morgan fingerprint density at radius 3 is 1.92 bits per heavy atom. The van der Waals surface area contributed by atoms with E-state index in [1.807, 2.05) is 21.6 Å². The molecule has 0 N–H and O–H groups in total. The summed E-state index contributed by atoms with van der Waals surface area (Å²) in [5.74, 6) is 0. The summed E-state index contributed by atoms with van der Waals surface area (Å²) < 4.78 is 0. The summed E-state index contributed by atoms with van der Waals surface area (Å²) in [6.45, 7) is 0. The van der Waals surface area contributed by atoms with E-state index in [4.69, 9.17) is 0 Å². The summed E-state index contributed by atoms with van der Waals surface area (Å²) in [7, 11) is 3.28. The van der Waals surface area contributed by atoms with Crippen LogP contribution in [0.4, 0.5) is 0 Å². The van der Waals surface area contributed by atoms with Crippen molar-refractivity contribution >= 4 is 29.7 Å². The molecular formula is C9H14S3. The van der Waals surface area contributed by atoms with Crippen LogP contribution in [0.3, 0.4) is 0 Å². The molecule has 0 aliphatic heterocycles. The zero-order valence-corrected chi connectivity index (χ0v) is 10.1. The minimum absolute atomic E-state index is 0.660. The Kier molecular flexibility index (Phi) is 3.87. The SMILES string of the molecule is CSS(C)(SC)c1ccccc1. The number of hydrogen-bond donors (Lipinski definition) is 0. The van der Waals surface area contributed by atoms with E-state index in [0.717, 1.165) is 0 Å². The van der Waals surface area contributed by atoms with E-state index >= 15 is 0 Å². The van der Waals surface area contributed by atoms with Gasteiger partial charge in [-0.2, -0.15) is 0 Å². The van der Waals surface area contributed by atoms with Crippen LogP contribution in [0.15, 0.2) is 35.2 Å². The lowest BCUT2D eigenvalue weighted by Gasteiger charge is -2.31. The summed E-state index contributed by atoms with van der Waals surface area (Å²) >= 11 is 0. The fourth-order valence-electron chi connectivity index (χ4n) is 0.928. The Morgan fingerprint density at radius 2 is 1.50 bits per heavy atom. The van der Waals surface area contributed by atoms with Crippen molar-refractivity contribution in [1.29, 1.82) is 0 Å². The first-order chi connectivity index (χ1) is 5.73. The molecule has 0 spiro atoms. The van der Waals surface area contributed by atoms with Crippen LogP contribution in [-0.2, 0) is 0 Å². The number of hydrogen-bond acceptors (Lipinski definition) is 2. The van der Waals surface area contributed by atoms with Gasteiger partial charge in [0.25, 0.3) is 0 Å². The van der Waals surface area contributed by atoms with Crippen molar-refractivity contribution in [3.8, 4) is 0 Å². The molecule has 0 heterocycles. The third-order valence-electron chi connectivity index (χ3n) is 1.81. The van der Waals surface area contributed by atoms with Crippen LogP contribution in [-0.4, -0.2) is 18.8 Å². The highest BCUT2D eigenvalue weighted by atomic mass is 33.6. The molecule has 0 amide bonds. The van der Waals surface area contributed by atoms with Crippen molar-refractivity contribution in [2.75, 3.05) is 18.8 Å². The first-order valence-corrected chi connectivity index (χ1v) is 9.20. The van der Waals surface area contributed by atoms with Crippen LogP contribution in [0.25, 0.3) is 0 Å². The van der Waals surface area contributed by atoms with Crippen molar-refractivity contribution in [3.63, 3.8) is 0 Å². The second-order valence-electron chi connectivity index (χ2n) is 2.42. The second-order valence-corrected chi connectivity index (χ2v) is 11.7. The van der Waals surface area contributed by atoms with Crippen LogP contribution in [0, 0.1) is 0 Å². The Labute approximate surface area is 83.6 Å². The molecule has 12 heavy (non-hydrogen) atoms. The monoisotopic (exact) mass is 218 g/mol. The fourth-order valence-corrected chi connectivity index (χ4v) is 5.56. The zero-order chi connectivity index (χ0) is 9.03. The minimum atomic E-state index is -0.660. The smallest absolute Gasteiger partial charge is 0.00775 e. The quantitative estimate of drug-likeness (QED) is 0.702. The van der Waals surface area contributed by atoms with E-state index in [2.05, 4.69) is 49.1 Å². The highest BCUT2D eigenvalue weighted by Gasteiger charge is 2.17. The molecule has 0 saturated carbocycles. The molecule has 0 unspecified atom stereocenters. The van der Waals surface area contributed by atoms with Gasteiger partial charge in [-0.1, -0.05) is 18.2 Å². The van der Waals surface area contributed by atoms with Gasteiger partial charge in [0.2, 0.25) is 0 Å². The van der Waals surface area contributed by atoms with Crippen LogP contribution < -0.4 is 0 Å². The van der Waals surface area contributed by atoms with Gasteiger partial charge >= 0.3 is 0 Å². The van der Waals surface area contributed by atoms with Crippen molar-refractivity contribution < 1.29 is 0 Å². The first kappa shape index (κ1) is 10.4. The Hall–Kier alpha value is 0.270. The molecule has 0 nitrogen and oxygen atoms in total. The summed E-state index contributed by atoms with van der Waals surface area (Å²) in [5.41, 5.74) is 0. The van der Waals surface area contributed by atoms with E-state index in [-0.39, 0.29) is 0 Å². The molecule has 1 aromatic carbocycles. The van der Waals surface area contributed by atoms with Gasteiger partial charge in [0.05, 0.1) is 0 Å². The lowest BCUT2D eigenvalue weighted by atomic mass is 10.4. The molecular weight excluding hydrogens is 204 g/mol. The molecule has 1 aromatic rings. The maximum absolute atomic E-state index is 2.34. The minimum Gasteiger partial charge on any atom is -0.120 e. The predicted octanol–water partition coefficient (Wildman–Crippen LogP) is 4.04. The molecule has 0 radical (unpaired) electrons. The molecule has 0 aliphatic rings. The second kappa shape index (κ2) is 4.49. The van der Waals surface area contributed by atoms with E-state index < -0.39 is 8.09 Å². The molecule has 0 saturated heterocycles. The maximum Gasteiger partial charge on any atom is 0.00775 e. The van der Waals surface area contributed by atoms with Gasteiger partial charge in [-0.25, -0.2) is 0 Å². The molecule has 68 valence electrons. The topological polar surface area (TPSA) is 0 Å². The van der Waals surface area contributed by atoms with Gasteiger partial charge in [-0.05, 0) is 30.9 Å². The molecule has 0 atom stereocenters. The molecule has 0 aliphatic carbocycles. The molecule has 1 rings (SSSR count). The first-order valence-electron chi connectivity index (χ1n) is 3.67. The maximum atomic E-state index is 2.34. The number of benzene rings is 1. The number of rotatable bonds is 3. The van der Waals surface area contributed by atoms with E-state index in [9.17, 15) is 0 Å². The predicted molar refractivity (Wildman–Crippen MR) is 65.3 cm³/mol. The Bertz CT molecular complexity index is 229. The summed E-state index contributed by atoms with van der Waals surface area (Å²) in [5, 5.41) is 0. The van der Waals surface area contributed by atoms with Crippen molar-refractivity contribution in [2.45, 2.75) is 4.90 Å². The van der Waals surface area contributed by atoms with Crippen LogP contribution in [0.2, 0.25) is 0 Å². The fraction of sp³-hybridized carbons (Fsp3) is 0.333. The van der Waals surface area contributed by atoms with Gasteiger partial charge in [0.15, 0.2) is 0 Å². The van der Waals surface area contributed by atoms with Gasteiger partial charge in [-0.15, -0.1) is 29.7 Å². The zero-order valence-electron chi connectivity index (χ0n) is 7.61. The van der Waals surface area contributed by atoms with E-state index in [1.54, 1.807) is 0 Å². The molecule has 0 bridgehead atoms. The Morgan fingerprint density at radius 1 is 1.00 bits per heavy atom. The van der Waals surface area contributed by atoms with Gasteiger partial charge < -0.3 is 0 Å².